The second kappa shape index (κ2) is 3.95. The van der Waals surface area contributed by atoms with Crippen LogP contribution in [0.15, 0.2) is 18.3 Å². The van der Waals surface area contributed by atoms with E-state index in [9.17, 15) is 9.18 Å². The van der Waals surface area contributed by atoms with Crippen molar-refractivity contribution >= 4 is 5.91 Å². The standard InChI is InChI=1S/C8H10FN3O/c9-5-1-2-7(12-4-5)6(10)3-8(11)13/h1-2,4,6H,3,10H2,(H2,11,13)/t6-/m0/s1. The first kappa shape index (κ1) is 9.60. The first-order chi connectivity index (χ1) is 6.09. The molecule has 0 aliphatic heterocycles. The van der Waals surface area contributed by atoms with Gasteiger partial charge in [0.1, 0.15) is 5.82 Å². The number of aromatic nitrogens is 1. The number of rotatable bonds is 3. The van der Waals surface area contributed by atoms with Gasteiger partial charge in [0.15, 0.2) is 0 Å². The van der Waals surface area contributed by atoms with Crippen LogP contribution in [0.4, 0.5) is 4.39 Å². The molecule has 1 amide bonds. The summed E-state index contributed by atoms with van der Waals surface area (Å²) >= 11 is 0. The van der Waals surface area contributed by atoms with Crippen LogP contribution in [0.1, 0.15) is 18.2 Å². The van der Waals surface area contributed by atoms with E-state index in [1.54, 1.807) is 0 Å². The van der Waals surface area contributed by atoms with Gasteiger partial charge in [-0.15, -0.1) is 0 Å². The minimum atomic E-state index is -0.557. The summed E-state index contributed by atoms with van der Waals surface area (Å²) in [5.74, 6) is -0.936. The van der Waals surface area contributed by atoms with Gasteiger partial charge in [0.05, 0.1) is 17.9 Å². The number of primary amides is 1. The number of nitrogens with zero attached hydrogens (tertiary/aromatic N) is 1. The minimum Gasteiger partial charge on any atom is -0.370 e. The molecule has 1 aromatic heterocycles. The highest BCUT2D eigenvalue weighted by molar-refractivity contribution is 5.74. The zero-order valence-electron chi connectivity index (χ0n) is 6.90. The third kappa shape index (κ3) is 2.79. The second-order valence-electron chi connectivity index (χ2n) is 2.68. The number of hydrogen-bond donors (Lipinski definition) is 2. The van der Waals surface area contributed by atoms with Gasteiger partial charge in [0.25, 0.3) is 0 Å². The summed E-state index contributed by atoms with van der Waals surface area (Å²) in [6, 6.07) is 2.12. The van der Waals surface area contributed by atoms with Crippen LogP contribution < -0.4 is 11.5 Å². The van der Waals surface area contributed by atoms with Crippen molar-refractivity contribution in [2.75, 3.05) is 0 Å². The van der Waals surface area contributed by atoms with Gasteiger partial charge in [-0.2, -0.15) is 0 Å². The van der Waals surface area contributed by atoms with Crippen LogP contribution in [0, 0.1) is 5.82 Å². The van der Waals surface area contributed by atoms with Crippen LogP contribution in [0.5, 0.6) is 0 Å². The number of hydrogen-bond acceptors (Lipinski definition) is 3. The van der Waals surface area contributed by atoms with Crippen molar-refractivity contribution in [2.24, 2.45) is 11.5 Å². The van der Waals surface area contributed by atoms with E-state index in [4.69, 9.17) is 11.5 Å². The van der Waals surface area contributed by atoms with Crippen LogP contribution in [-0.4, -0.2) is 10.9 Å². The molecule has 0 fully saturated rings. The number of carbonyl (C=O) groups excluding carboxylic acids is 1. The third-order valence-electron chi connectivity index (χ3n) is 1.55. The summed E-state index contributed by atoms with van der Waals surface area (Å²) in [7, 11) is 0. The molecule has 0 saturated carbocycles. The number of amides is 1. The molecular weight excluding hydrogens is 173 g/mol. The third-order valence-corrected chi connectivity index (χ3v) is 1.55. The molecule has 0 aliphatic carbocycles. The largest absolute Gasteiger partial charge is 0.370 e. The van der Waals surface area contributed by atoms with E-state index in [0.717, 1.165) is 6.20 Å². The van der Waals surface area contributed by atoms with Crippen LogP contribution in [-0.2, 0) is 4.79 Å². The number of carbonyl (C=O) groups is 1. The molecule has 0 radical (unpaired) electrons. The fourth-order valence-electron chi connectivity index (χ4n) is 0.928. The molecule has 0 saturated heterocycles. The fraction of sp³-hybridized carbons (Fsp3) is 0.250. The summed E-state index contributed by atoms with van der Waals surface area (Å²) in [6.45, 7) is 0. The van der Waals surface area contributed by atoms with E-state index in [1.165, 1.54) is 12.1 Å². The Morgan fingerprint density at radius 2 is 2.31 bits per heavy atom. The molecule has 4 N–H and O–H groups in total. The van der Waals surface area contributed by atoms with Gasteiger partial charge in [-0.25, -0.2) is 4.39 Å². The maximum atomic E-state index is 12.4. The highest BCUT2D eigenvalue weighted by atomic mass is 19.1. The van der Waals surface area contributed by atoms with Crippen molar-refractivity contribution in [3.05, 3.63) is 29.8 Å². The lowest BCUT2D eigenvalue weighted by Gasteiger charge is -2.07. The molecule has 0 aromatic carbocycles. The predicted octanol–water partition coefficient (Wildman–Crippen LogP) is 0.0959. The molecular formula is C8H10FN3O. The molecule has 0 aliphatic rings. The smallest absolute Gasteiger partial charge is 0.219 e. The average Bonchev–Trinajstić information content (AvgIpc) is 2.04. The number of nitrogens with two attached hydrogens (primary N) is 2. The van der Waals surface area contributed by atoms with Gasteiger partial charge in [-0.1, -0.05) is 0 Å². The van der Waals surface area contributed by atoms with Crippen molar-refractivity contribution in [3.8, 4) is 0 Å². The Bertz CT molecular complexity index is 299. The molecule has 70 valence electrons. The second-order valence-corrected chi connectivity index (χ2v) is 2.68. The zero-order valence-corrected chi connectivity index (χ0v) is 6.90. The quantitative estimate of drug-likeness (QED) is 0.697. The highest BCUT2D eigenvalue weighted by Gasteiger charge is 2.09. The van der Waals surface area contributed by atoms with Gasteiger partial charge in [-0.3, -0.25) is 9.78 Å². The van der Waals surface area contributed by atoms with Crippen LogP contribution in [0.3, 0.4) is 0 Å². The first-order valence-electron chi connectivity index (χ1n) is 3.75. The van der Waals surface area contributed by atoms with Crippen molar-refractivity contribution in [3.63, 3.8) is 0 Å². The van der Waals surface area contributed by atoms with Crippen molar-refractivity contribution < 1.29 is 9.18 Å². The van der Waals surface area contributed by atoms with Gasteiger partial charge < -0.3 is 11.5 Å². The Balaban J connectivity index is 2.71. The van der Waals surface area contributed by atoms with Crippen molar-refractivity contribution in [2.45, 2.75) is 12.5 Å². The zero-order chi connectivity index (χ0) is 9.84. The van der Waals surface area contributed by atoms with E-state index in [-0.39, 0.29) is 6.42 Å². The van der Waals surface area contributed by atoms with Gasteiger partial charge in [0, 0.05) is 6.42 Å². The predicted molar refractivity (Wildman–Crippen MR) is 44.9 cm³/mol. The van der Waals surface area contributed by atoms with E-state index in [1.807, 2.05) is 0 Å². The van der Waals surface area contributed by atoms with Crippen LogP contribution in [0.25, 0.3) is 0 Å². The van der Waals surface area contributed by atoms with Gasteiger partial charge in [-0.05, 0) is 12.1 Å². The minimum absolute atomic E-state index is 0.0125. The first-order valence-corrected chi connectivity index (χ1v) is 3.75. The summed E-state index contributed by atoms with van der Waals surface area (Å²) in [5.41, 5.74) is 11.0. The Hall–Kier alpha value is -1.49. The molecule has 1 heterocycles. The Labute approximate surface area is 74.8 Å². The van der Waals surface area contributed by atoms with Crippen molar-refractivity contribution in [1.29, 1.82) is 0 Å². The summed E-state index contributed by atoms with van der Waals surface area (Å²) in [6.07, 6.45) is 1.06. The fourth-order valence-corrected chi connectivity index (χ4v) is 0.928. The lowest BCUT2D eigenvalue weighted by molar-refractivity contribution is -0.118. The van der Waals surface area contributed by atoms with Crippen molar-refractivity contribution in [1.82, 2.24) is 4.98 Å². The topological polar surface area (TPSA) is 82.0 Å². The molecule has 4 nitrogen and oxygen atoms in total. The number of halogens is 1. The average molecular weight is 183 g/mol. The highest BCUT2D eigenvalue weighted by Crippen LogP contribution is 2.10. The molecule has 0 unspecified atom stereocenters. The van der Waals surface area contributed by atoms with Crippen LogP contribution in [0.2, 0.25) is 0 Å². The molecule has 1 aromatic rings. The molecule has 13 heavy (non-hydrogen) atoms. The Morgan fingerprint density at radius 1 is 1.62 bits per heavy atom. The molecule has 0 bridgehead atoms. The lowest BCUT2D eigenvalue weighted by atomic mass is 10.1. The molecule has 0 spiro atoms. The normalized spacial score (nSPS) is 12.5. The van der Waals surface area contributed by atoms with Crippen LogP contribution >= 0.6 is 0 Å². The summed E-state index contributed by atoms with van der Waals surface area (Å²) in [5, 5.41) is 0. The SMILES string of the molecule is NC(=O)C[C@H](N)c1ccc(F)cn1. The van der Waals surface area contributed by atoms with E-state index >= 15 is 0 Å². The van der Waals surface area contributed by atoms with Gasteiger partial charge in [0.2, 0.25) is 5.91 Å². The molecule has 1 rings (SSSR count). The maximum absolute atomic E-state index is 12.4. The van der Waals surface area contributed by atoms with E-state index in [0.29, 0.717) is 5.69 Å². The Kier molecular flexibility index (Phi) is 2.92. The van der Waals surface area contributed by atoms with E-state index in [2.05, 4.69) is 4.98 Å². The summed E-state index contributed by atoms with van der Waals surface area (Å²) in [4.78, 5) is 14.2. The Morgan fingerprint density at radius 3 is 2.77 bits per heavy atom. The van der Waals surface area contributed by atoms with Gasteiger partial charge >= 0.3 is 0 Å². The molecule has 5 heteroatoms. The number of pyridine rings is 1. The van der Waals surface area contributed by atoms with E-state index < -0.39 is 17.8 Å². The maximum Gasteiger partial charge on any atom is 0.219 e. The monoisotopic (exact) mass is 183 g/mol. The lowest BCUT2D eigenvalue weighted by Crippen LogP contribution is -2.21. The molecule has 1 atom stereocenters. The summed E-state index contributed by atoms with van der Waals surface area (Å²) < 4.78 is 12.4.